The Hall–Kier alpha value is -1.08. The Bertz CT molecular complexity index is 2120. The summed E-state index contributed by atoms with van der Waals surface area (Å²) in [5.74, 6) is -0.170. The van der Waals surface area contributed by atoms with Crippen LogP contribution >= 0.6 is 0 Å². The summed E-state index contributed by atoms with van der Waals surface area (Å²) in [6.45, 7) is 8.04. The van der Waals surface area contributed by atoms with Crippen LogP contribution in [0.1, 0.15) is 98.8 Å². The summed E-state index contributed by atoms with van der Waals surface area (Å²) in [5, 5.41) is 171. The van der Waals surface area contributed by atoms with Crippen LogP contribution in [0, 0.1) is 52.3 Å². The molecule has 36 unspecified atom stereocenters. The molecule has 16 N–H and O–H groups in total. The molecule has 83 heavy (non-hydrogen) atoms. The zero-order valence-electron chi connectivity index (χ0n) is 47.8. The Morgan fingerprint density at radius 3 is 1.81 bits per heavy atom. The van der Waals surface area contributed by atoms with E-state index < -0.39 is 186 Å². The van der Waals surface area contributed by atoms with Crippen LogP contribution in [0.3, 0.4) is 0 Å². The molecule has 10 rings (SSSR count). The maximum Gasteiger partial charge on any atom is 0.187 e. The van der Waals surface area contributed by atoms with Crippen LogP contribution in [0.5, 0.6) is 0 Å². The lowest BCUT2D eigenvalue weighted by atomic mass is 9.44. The lowest BCUT2D eigenvalue weighted by Crippen LogP contribution is -2.67. The second kappa shape index (κ2) is 25.7. The van der Waals surface area contributed by atoms with E-state index in [9.17, 15) is 81.7 Å². The molecule has 0 aromatic rings. The van der Waals surface area contributed by atoms with E-state index in [0.717, 1.165) is 38.5 Å². The van der Waals surface area contributed by atoms with Crippen LogP contribution in [-0.4, -0.2) is 280 Å². The standard InChI is InChI=1S/C56H94O27/c1-21(18-73-50-43(68)40(65)37(62)31(16-57)78-50)8-13-56(72)22(2)34-30(83-56)15-28-26-7-6-24-14-25(9-11-54(24,4)27(26)10-12-55(28,34)5)77-53-48(82-52-45(70)41(66)38(63)32(17-58)79-52)46(71)47(81-51-44(69)39(64)35(60)23(3)76-51)33(80-53)20-75-49-42(67)36(61)29(59)19-74-49/h21-53,57-72H,6-20H2,1-5H3. The molecule has 0 bridgehead atoms. The van der Waals surface area contributed by atoms with Crippen molar-refractivity contribution < 1.29 is 134 Å². The Morgan fingerprint density at radius 1 is 0.542 bits per heavy atom. The van der Waals surface area contributed by atoms with Crippen LogP contribution in [0.15, 0.2) is 0 Å². The first kappa shape index (κ1) is 64.9. The monoisotopic (exact) mass is 1200 g/mol. The summed E-state index contributed by atoms with van der Waals surface area (Å²) in [4.78, 5) is 0. The lowest BCUT2D eigenvalue weighted by molar-refractivity contribution is -0.394. The number of ether oxygens (including phenoxy) is 11. The summed E-state index contributed by atoms with van der Waals surface area (Å²) >= 11 is 0. The van der Waals surface area contributed by atoms with Crippen LogP contribution in [0.4, 0.5) is 0 Å². The van der Waals surface area contributed by atoms with Gasteiger partial charge in [-0.1, -0.05) is 27.7 Å². The second-order valence-corrected chi connectivity index (χ2v) is 26.7. The van der Waals surface area contributed by atoms with E-state index in [4.69, 9.17) is 52.1 Å². The minimum atomic E-state index is -1.92. The van der Waals surface area contributed by atoms with Crippen molar-refractivity contribution in [3.8, 4) is 0 Å². The topological polar surface area (TPSA) is 425 Å². The quantitative estimate of drug-likeness (QED) is 0.0611. The summed E-state index contributed by atoms with van der Waals surface area (Å²) < 4.78 is 66.9. The fourth-order valence-electron chi connectivity index (χ4n) is 16.7. The van der Waals surface area contributed by atoms with Crippen LogP contribution in [0.2, 0.25) is 0 Å². The molecule has 6 saturated heterocycles. The summed E-state index contributed by atoms with van der Waals surface area (Å²) in [6, 6.07) is 0. The first-order chi connectivity index (χ1) is 39.2. The van der Waals surface area contributed by atoms with Gasteiger partial charge in [-0.05, 0) is 111 Å². The maximum atomic E-state index is 12.5. The van der Waals surface area contributed by atoms with E-state index in [0.29, 0.717) is 43.4 Å². The molecule has 0 radical (unpaired) electrons. The average molecular weight is 1200 g/mol. The summed E-state index contributed by atoms with van der Waals surface area (Å²) in [7, 11) is 0. The maximum absolute atomic E-state index is 12.5. The molecule has 6 heterocycles. The third kappa shape index (κ3) is 12.1. The predicted molar refractivity (Wildman–Crippen MR) is 277 cm³/mol. The van der Waals surface area contributed by atoms with Gasteiger partial charge in [-0.15, -0.1) is 0 Å². The lowest BCUT2D eigenvalue weighted by Gasteiger charge is -2.61. The van der Waals surface area contributed by atoms with Crippen molar-refractivity contribution in [3.63, 3.8) is 0 Å². The number of hydrogen-bond donors (Lipinski definition) is 16. The second-order valence-electron chi connectivity index (χ2n) is 26.7. The van der Waals surface area contributed by atoms with Gasteiger partial charge < -0.3 is 134 Å². The fourth-order valence-corrected chi connectivity index (χ4v) is 16.7. The molecule has 4 saturated carbocycles. The molecule has 6 aliphatic heterocycles. The molecular formula is C56H94O27. The summed E-state index contributed by atoms with van der Waals surface area (Å²) in [6.07, 6.45) is -31.2. The highest BCUT2D eigenvalue weighted by molar-refractivity contribution is 5.15. The van der Waals surface area contributed by atoms with E-state index >= 15 is 0 Å². The van der Waals surface area contributed by atoms with Crippen LogP contribution < -0.4 is 0 Å². The minimum Gasteiger partial charge on any atom is -0.394 e. The Kier molecular flexibility index (Phi) is 20.1. The molecular weight excluding hydrogens is 1100 g/mol. The number of aliphatic hydroxyl groups excluding tert-OH is 15. The third-order valence-corrected chi connectivity index (χ3v) is 21.8. The van der Waals surface area contributed by atoms with E-state index in [1.54, 1.807) is 0 Å². The SMILES string of the molecule is CC(CCC1(O)OC2CC3C4CCC5CC(OC6OC(COC7OCC(O)C(O)C7O)C(OC7OC(C)C(O)C(O)C7O)C(O)C6OC6OC(CO)C(O)C(O)C6O)CCC5(C)C4CCC3(C)C2C1C)COC1OC(CO)C(O)C(O)C1O. The Labute approximate surface area is 482 Å². The molecule has 10 fully saturated rings. The van der Waals surface area contributed by atoms with Crippen LogP contribution in [0.25, 0.3) is 0 Å². The zero-order valence-corrected chi connectivity index (χ0v) is 47.8. The predicted octanol–water partition coefficient (Wildman–Crippen LogP) is -4.46. The first-order valence-corrected chi connectivity index (χ1v) is 30.1. The first-order valence-electron chi connectivity index (χ1n) is 30.1. The van der Waals surface area contributed by atoms with Crippen molar-refractivity contribution >= 4 is 0 Å². The van der Waals surface area contributed by atoms with Gasteiger partial charge >= 0.3 is 0 Å². The molecule has 480 valence electrons. The largest absolute Gasteiger partial charge is 0.394 e. The molecule has 0 aromatic carbocycles. The van der Waals surface area contributed by atoms with Crippen molar-refractivity contribution in [1.29, 1.82) is 0 Å². The van der Waals surface area contributed by atoms with Crippen molar-refractivity contribution in [2.24, 2.45) is 52.3 Å². The summed E-state index contributed by atoms with van der Waals surface area (Å²) in [5.41, 5.74) is -0.177. The fraction of sp³-hybridized carbons (Fsp3) is 1.00. The van der Waals surface area contributed by atoms with Gasteiger partial charge in [-0.2, -0.15) is 0 Å². The van der Waals surface area contributed by atoms with Crippen molar-refractivity contribution in [2.75, 3.05) is 33.0 Å². The van der Waals surface area contributed by atoms with Gasteiger partial charge in [0.25, 0.3) is 0 Å². The zero-order chi connectivity index (χ0) is 59.9. The average Bonchev–Trinajstić information content (AvgIpc) is 1.88. The van der Waals surface area contributed by atoms with Crippen molar-refractivity contribution in [1.82, 2.24) is 0 Å². The minimum absolute atomic E-state index is 0.0865. The molecule has 0 aromatic heterocycles. The molecule has 0 spiro atoms. The number of aliphatic hydroxyl groups is 16. The van der Waals surface area contributed by atoms with Crippen molar-refractivity contribution in [2.45, 2.75) is 264 Å². The van der Waals surface area contributed by atoms with Gasteiger partial charge in [0, 0.05) is 12.3 Å². The van der Waals surface area contributed by atoms with Gasteiger partial charge in [0.05, 0.1) is 51.3 Å². The van der Waals surface area contributed by atoms with Gasteiger partial charge in [0.2, 0.25) is 0 Å². The van der Waals surface area contributed by atoms with Gasteiger partial charge in [0.1, 0.15) is 110 Å². The molecule has 27 nitrogen and oxygen atoms in total. The molecule has 36 atom stereocenters. The van der Waals surface area contributed by atoms with Crippen molar-refractivity contribution in [3.05, 3.63) is 0 Å². The van der Waals surface area contributed by atoms with E-state index in [1.807, 2.05) is 6.92 Å². The van der Waals surface area contributed by atoms with E-state index in [2.05, 4.69) is 20.8 Å². The normalized spacial score (nSPS) is 55.9. The van der Waals surface area contributed by atoms with Gasteiger partial charge in [-0.25, -0.2) is 0 Å². The molecule has 4 aliphatic carbocycles. The Balaban J connectivity index is 0.818. The highest BCUT2D eigenvalue weighted by atomic mass is 16.8. The molecule has 0 amide bonds. The number of rotatable bonds is 17. The highest BCUT2D eigenvalue weighted by Crippen LogP contribution is 2.71. The third-order valence-electron chi connectivity index (χ3n) is 21.8. The number of fused-ring (bicyclic) bond motifs is 7. The van der Waals surface area contributed by atoms with E-state index in [1.165, 1.54) is 6.92 Å². The van der Waals surface area contributed by atoms with E-state index in [-0.39, 0.29) is 47.2 Å². The molecule has 27 heteroatoms. The smallest absolute Gasteiger partial charge is 0.187 e. The molecule has 10 aliphatic rings. The number of hydrogen-bond acceptors (Lipinski definition) is 27. The van der Waals surface area contributed by atoms with Gasteiger partial charge in [0.15, 0.2) is 37.2 Å². The highest BCUT2D eigenvalue weighted by Gasteiger charge is 2.69. The van der Waals surface area contributed by atoms with Gasteiger partial charge in [-0.3, -0.25) is 0 Å². The Morgan fingerprint density at radius 2 is 1.13 bits per heavy atom. The van der Waals surface area contributed by atoms with Crippen LogP contribution in [-0.2, 0) is 52.1 Å².